The number of aliphatic hydroxyl groups is 1. The van der Waals surface area contributed by atoms with Crippen LogP contribution < -0.4 is 0 Å². The topological polar surface area (TPSA) is 23.5 Å². The fourth-order valence-electron chi connectivity index (χ4n) is 1.66. The van der Waals surface area contributed by atoms with Crippen molar-refractivity contribution in [3.63, 3.8) is 0 Å². The Morgan fingerprint density at radius 1 is 1.36 bits per heavy atom. The Morgan fingerprint density at radius 2 is 2.00 bits per heavy atom. The molecule has 1 N–H and O–H groups in total. The number of rotatable bonds is 4. The number of hydrogen-bond acceptors (Lipinski definition) is 2. The van der Waals surface area contributed by atoms with Crippen molar-refractivity contribution in [3.8, 4) is 0 Å². The summed E-state index contributed by atoms with van der Waals surface area (Å²) < 4.78 is 0. The zero-order valence-electron chi connectivity index (χ0n) is 7.64. The van der Waals surface area contributed by atoms with Crippen molar-refractivity contribution >= 4 is 0 Å². The highest BCUT2D eigenvalue weighted by Crippen LogP contribution is 2.19. The van der Waals surface area contributed by atoms with E-state index in [0.29, 0.717) is 0 Å². The monoisotopic (exact) mass is 157 g/mol. The molecule has 0 aromatic carbocycles. The average molecular weight is 157 g/mol. The average Bonchev–Trinajstić information content (AvgIpc) is 1.84. The molecule has 0 aliphatic carbocycles. The Bertz CT molecular complexity index is 115. The minimum atomic E-state index is -0.383. The van der Waals surface area contributed by atoms with Crippen LogP contribution in [0.4, 0.5) is 0 Å². The number of unbranched alkanes of at least 4 members (excludes halogenated alkanes) is 2. The van der Waals surface area contributed by atoms with Gasteiger partial charge < -0.3 is 5.11 Å². The summed E-state index contributed by atoms with van der Waals surface area (Å²) in [7, 11) is 0. The molecule has 1 rings (SSSR count). The smallest absolute Gasteiger partial charge is 0.0872 e. The van der Waals surface area contributed by atoms with Crippen molar-refractivity contribution in [2.45, 2.75) is 38.7 Å². The van der Waals surface area contributed by atoms with Crippen LogP contribution in [0.25, 0.3) is 0 Å². The normalized spacial score (nSPS) is 23.2. The van der Waals surface area contributed by atoms with Gasteiger partial charge >= 0.3 is 0 Å². The molecule has 0 radical (unpaired) electrons. The summed E-state index contributed by atoms with van der Waals surface area (Å²) in [5, 5.41) is 9.40. The standard InChI is InChI=1S/C9H19NO/c1-3-4-5-6-10-7-9(2,11)8-10/h11H,3-8H2,1-2H3. The molecule has 0 amide bonds. The van der Waals surface area contributed by atoms with E-state index in [1.807, 2.05) is 6.92 Å². The lowest BCUT2D eigenvalue weighted by Gasteiger charge is -2.44. The zero-order chi connectivity index (χ0) is 8.32. The van der Waals surface area contributed by atoms with E-state index in [2.05, 4.69) is 11.8 Å². The van der Waals surface area contributed by atoms with Crippen molar-refractivity contribution in [3.05, 3.63) is 0 Å². The van der Waals surface area contributed by atoms with Crippen LogP contribution in [-0.4, -0.2) is 35.2 Å². The first-order valence-corrected chi connectivity index (χ1v) is 4.59. The first-order chi connectivity index (χ1) is 5.14. The third-order valence-corrected chi connectivity index (χ3v) is 2.21. The second-order valence-electron chi connectivity index (χ2n) is 3.91. The number of likely N-dealkylation sites (tertiary alicyclic amines) is 1. The van der Waals surface area contributed by atoms with E-state index in [0.717, 1.165) is 13.1 Å². The van der Waals surface area contributed by atoms with Gasteiger partial charge in [0, 0.05) is 13.1 Å². The summed E-state index contributed by atoms with van der Waals surface area (Å²) >= 11 is 0. The van der Waals surface area contributed by atoms with Crippen LogP contribution in [0.2, 0.25) is 0 Å². The molecule has 1 aliphatic rings. The van der Waals surface area contributed by atoms with Crippen molar-refractivity contribution in [2.24, 2.45) is 0 Å². The number of nitrogens with zero attached hydrogens (tertiary/aromatic N) is 1. The SMILES string of the molecule is CCCCCN1CC(C)(O)C1. The van der Waals surface area contributed by atoms with Gasteiger partial charge in [-0.25, -0.2) is 0 Å². The molecule has 1 fully saturated rings. The molecule has 0 aromatic heterocycles. The Balaban J connectivity index is 1.96. The van der Waals surface area contributed by atoms with Gasteiger partial charge in [-0.1, -0.05) is 19.8 Å². The highest BCUT2D eigenvalue weighted by molar-refractivity contribution is 4.90. The summed E-state index contributed by atoms with van der Waals surface area (Å²) in [6.07, 6.45) is 3.88. The van der Waals surface area contributed by atoms with E-state index in [1.54, 1.807) is 0 Å². The molecule has 1 heterocycles. The minimum absolute atomic E-state index is 0.383. The quantitative estimate of drug-likeness (QED) is 0.621. The highest BCUT2D eigenvalue weighted by Gasteiger charge is 2.35. The van der Waals surface area contributed by atoms with Crippen molar-refractivity contribution in [2.75, 3.05) is 19.6 Å². The molecular formula is C9H19NO. The molecule has 1 aliphatic heterocycles. The van der Waals surface area contributed by atoms with Crippen LogP contribution in [0.1, 0.15) is 33.1 Å². The second-order valence-corrected chi connectivity index (χ2v) is 3.91. The lowest BCUT2D eigenvalue weighted by Crippen LogP contribution is -2.59. The Morgan fingerprint density at radius 3 is 2.45 bits per heavy atom. The molecule has 0 aromatic rings. The van der Waals surface area contributed by atoms with Crippen molar-refractivity contribution in [1.29, 1.82) is 0 Å². The third kappa shape index (κ3) is 2.80. The van der Waals surface area contributed by atoms with Gasteiger partial charge in [-0.3, -0.25) is 4.90 Å². The van der Waals surface area contributed by atoms with Gasteiger partial charge in [0.2, 0.25) is 0 Å². The fourth-order valence-corrected chi connectivity index (χ4v) is 1.66. The predicted octanol–water partition coefficient (Wildman–Crippen LogP) is 1.24. The maximum Gasteiger partial charge on any atom is 0.0872 e. The lowest BCUT2D eigenvalue weighted by atomic mass is 9.97. The molecule has 0 bridgehead atoms. The van der Waals surface area contributed by atoms with Crippen LogP contribution >= 0.6 is 0 Å². The van der Waals surface area contributed by atoms with E-state index in [-0.39, 0.29) is 5.60 Å². The maximum absolute atomic E-state index is 9.40. The lowest BCUT2D eigenvalue weighted by molar-refractivity contribution is -0.0833. The molecule has 66 valence electrons. The van der Waals surface area contributed by atoms with E-state index >= 15 is 0 Å². The summed E-state index contributed by atoms with van der Waals surface area (Å²) in [5.74, 6) is 0. The summed E-state index contributed by atoms with van der Waals surface area (Å²) in [5.41, 5.74) is -0.383. The van der Waals surface area contributed by atoms with Gasteiger partial charge in [0.25, 0.3) is 0 Å². The number of β-amino-alcohol motifs (C(OH)–C–C–N with tert-alkyl or cyclic N) is 1. The van der Waals surface area contributed by atoms with E-state index in [4.69, 9.17) is 0 Å². The summed E-state index contributed by atoms with van der Waals surface area (Å²) in [6, 6.07) is 0. The predicted molar refractivity (Wildman–Crippen MR) is 46.6 cm³/mol. The molecule has 0 atom stereocenters. The zero-order valence-corrected chi connectivity index (χ0v) is 7.64. The Hall–Kier alpha value is -0.0800. The van der Waals surface area contributed by atoms with Gasteiger partial charge in [-0.2, -0.15) is 0 Å². The molecule has 0 saturated carbocycles. The van der Waals surface area contributed by atoms with Crippen molar-refractivity contribution in [1.82, 2.24) is 4.90 Å². The van der Waals surface area contributed by atoms with E-state index < -0.39 is 0 Å². The molecule has 2 nitrogen and oxygen atoms in total. The molecular weight excluding hydrogens is 138 g/mol. The van der Waals surface area contributed by atoms with Crippen LogP contribution in [0.5, 0.6) is 0 Å². The van der Waals surface area contributed by atoms with Gasteiger partial charge in [0.1, 0.15) is 0 Å². The third-order valence-electron chi connectivity index (χ3n) is 2.21. The number of hydrogen-bond donors (Lipinski definition) is 1. The van der Waals surface area contributed by atoms with Gasteiger partial charge in [-0.15, -0.1) is 0 Å². The first-order valence-electron chi connectivity index (χ1n) is 4.59. The van der Waals surface area contributed by atoms with Gasteiger partial charge in [0.05, 0.1) is 5.60 Å². The summed E-state index contributed by atoms with van der Waals surface area (Å²) in [6.45, 7) is 7.03. The van der Waals surface area contributed by atoms with Crippen molar-refractivity contribution < 1.29 is 5.11 Å². The van der Waals surface area contributed by atoms with Crippen LogP contribution in [0.3, 0.4) is 0 Å². The molecule has 1 saturated heterocycles. The fraction of sp³-hybridized carbons (Fsp3) is 1.00. The molecule has 2 heteroatoms. The van der Waals surface area contributed by atoms with Crippen LogP contribution in [-0.2, 0) is 0 Å². The van der Waals surface area contributed by atoms with Gasteiger partial charge in [0.15, 0.2) is 0 Å². The molecule has 0 unspecified atom stereocenters. The minimum Gasteiger partial charge on any atom is -0.388 e. The Kier molecular flexibility index (Phi) is 2.90. The molecule has 0 spiro atoms. The summed E-state index contributed by atoms with van der Waals surface area (Å²) in [4.78, 5) is 2.32. The van der Waals surface area contributed by atoms with Crippen LogP contribution in [0.15, 0.2) is 0 Å². The van der Waals surface area contributed by atoms with E-state index in [9.17, 15) is 5.11 Å². The Labute approximate surface area is 69.2 Å². The second kappa shape index (κ2) is 3.55. The largest absolute Gasteiger partial charge is 0.388 e. The first kappa shape index (κ1) is 9.01. The van der Waals surface area contributed by atoms with E-state index in [1.165, 1.54) is 25.8 Å². The van der Waals surface area contributed by atoms with Gasteiger partial charge in [-0.05, 0) is 19.9 Å². The van der Waals surface area contributed by atoms with Crippen LogP contribution in [0, 0.1) is 0 Å². The maximum atomic E-state index is 9.40. The highest BCUT2D eigenvalue weighted by atomic mass is 16.3. The molecule has 11 heavy (non-hydrogen) atoms.